The molecule has 3 nitrogen and oxygen atoms in total. The predicted molar refractivity (Wildman–Crippen MR) is 82.4 cm³/mol. The first-order valence-corrected chi connectivity index (χ1v) is 9.58. The lowest BCUT2D eigenvalue weighted by atomic mass is 10.1. The van der Waals surface area contributed by atoms with Gasteiger partial charge < -0.3 is 0 Å². The third-order valence-corrected chi connectivity index (χ3v) is 5.76. The zero-order chi connectivity index (χ0) is 22.5. The van der Waals surface area contributed by atoms with Crippen molar-refractivity contribution in [3.8, 4) is 11.8 Å². The maximum absolute atomic E-state index is 14.3. The lowest BCUT2D eigenvalue weighted by Crippen LogP contribution is -2.12. The molecule has 1 aromatic heterocycles. The van der Waals surface area contributed by atoms with Crippen LogP contribution in [0, 0.1) is 11.3 Å². The van der Waals surface area contributed by atoms with Gasteiger partial charge in [-0.15, -0.1) is 0 Å². The molecule has 1 heterocycles. The van der Waals surface area contributed by atoms with E-state index in [0.717, 1.165) is 6.07 Å². The van der Waals surface area contributed by atoms with E-state index < -0.39 is 59.6 Å². The Morgan fingerprint density at radius 3 is 1.72 bits per heavy atom. The fourth-order valence-electron chi connectivity index (χ4n) is 2.53. The van der Waals surface area contributed by atoms with Crippen LogP contribution in [0.15, 0.2) is 23.2 Å². The van der Waals surface area contributed by atoms with Crippen molar-refractivity contribution in [2.45, 2.75) is 22.4 Å². The molecule has 0 amide bonds. The Balaban J connectivity index is 2.21. The molecule has 1 saturated carbocycles. The third-order valence-electron chi connectivity index (χ3n) is 4.05. The topological polar surface area (TPSA) is 41.6 Å². The number of hydrogen-bond acceptors (Lipinski definition) is 2. The molecule has 0 bridgehead atoms. The summed E-state index contributed by atoms with van der Waals surface area (Å²) >= 11 is 11.0. The molecule has 0 radical (unpaired) electrons. The molecule has 0 N–H and O–H groups in total. The lowest BCUT2D eigenvalue weighted by molar-refractivity contribution is -0.0278. The van der Waals surface area contributed by atoms with Gasteiger partial charge in [0, 0.05) is 6.20 Å². The summed E-state index contributed by atoms with van der Waals surface area (Å²) in [7, 11) is -10.2. The molecule has 0 unspecified atom stereocenters. The smallest absolute Gasteiger partial charge is 0.236 e. The highest BCUT2D eigenvalue weighted by molar-refractivity contribution is 8.45. The number of nitriles is 1. The van der Waals surface area contributed by atoms with E-state index in [-0.39, 0.29) is 23.0 Å². The molecule has 29 heavy (non-hydrogen) atoms. The molecule has 2 aromatic rings. The van der Waals surface area contributed by atoms with Gasteiger partial charge in [0.1, 0.15) is 16.7 Å². The Morgan fingerprint density at radius 1 is 0.931 bits per heavy atom. The van der Waals surface area contributed by atoms with Gasteiger partial charge in [-0.05, 0) is 12.1 Å². The first kappa shape index (κ1) is 21.8. The molecule has 1 aliphatic rings. The fraction of sp³-hybridized carbons (Fsp3) is 0.231. The van der Waals surface area contributed by atoms with Gasteiger partial charge in [-0.2, -0.15) is 27.9 Å². The quantitative estimate of drug-likeness (QED) is 0.425. The van der Waals surface area contributed by atoms with Crippen molar-refractivity contribution >= 4 is 33.4 Å². The molecule has 0 spiro atoms. The minimum atomic E-state index is -10.2. The van der Waals surface area contributed by atoms with E-state index in [1.165, 1.54) is 0 Å². The van der Waals surface area contributed by atoms with Gasteiger partial charge >= 0.3 is 22.1 Å². The Bertz CT molecular complexity index is 1070. The van der Waals surface area contributed by atoms with Crippen LogP contribution in [-0.4, -0.2) is 21.6 Å². The summed E-state index contributed by atoms with van der Waals surface area (Å²) in [6.45, 7) is 0. The SMILES string of the molecule is N#Cc1nn(-c2c(Cl)cc(S(F)(F)(F)(F)F)cc2Cl)cc1C1(F)C(F)(F)C1(F)F. The van der Waals surface area contributed by atoms with E-state index in [4.69, 9.17) is 28.5 Å². The average molecular weight is 494 g/mol. The summed E-state index contributed by atoms with van der Waals surface area (Å²) < 4.78 is 132. The molecule has 1 aliphatic carbocycles. The highest BCUT2D eigenvalue weighted by Crippen LogP contribution is 3.02. The standard InChI is InChI=1S/C13H3Cl2F10N3S/c14-7-1-5(29(21,22,23,24)25)2-8(15)10(7)28-4-6(9(3-26)27-28)11(16)12(17,18)13(11,19)20/h1-2,4H. The highest BCUT2D eigenvalue weighted by atomic mass is 35.5. The predicted octanol–water partition coefficient (Wildman–Crippen LogP) is 7.16. The molecular weight excluding hydrogens is 491 g/mol. The van der Waals surface area contributed by atoms with Crippen molar-refractivity contribution < 1.29 is 41.4 Å². The second-order valence-corrected chi connectivity index (χ2v) is 9.18. The molecule has 0 aliphatic heterocycles. The van der Waals surface area contributed by atoms with Gasteiger partial charge in [-0.1, -0.05) is 42.6 Å². The Labute approximate surface area is 164 Å². The summed E-state index contributed by atoms with van der Waals surface area (Å²) in [5.74, 6) is -10.4. The third kappa shape index (κ3) is 2.85. The molecule has 3 rings (SSSR count). The first-order chi connectivity index (χ1) is 12.7. The molecule has 16 heteroatoms. The van der Waals surface area contributed by atoms with Crippen LogP contribution >= 0.6 is 33.4 Å². The second-order valence-electron chi connectivity index (χ2n) is 5.96. The van der Waals surface area contributed by atoms with Gasteiger partial charge in [0.2, 0.25) is 0 Å². The number of hydrogen-bond donors (Lipinski definition) is 0. The van der Waals surface area contributed by atoms with Crippen LogP contribution in [0.2, 0.25) is 10.0 Å². The van der Waals surface area contributed by atoms with Crippen LogP contribution in [0.4, 0.5) is 41.4 Å². The van der Waals surface area contributed by atoms with Crippen LogP contribution in [0.3, 0.4) is 0 Å². The van der Waals surface area contributed by atoms with Crippen LogP contribution < -0.4 is 0 Å². The van der Waals surface area contributed by atoms with E-state index in [2.05, 4.69) is 5.10 Å². The van der Waals surface area contributed by atoms with Crippen molar-refractivity contribution in [2.24, 2.45) is 0 Å². The maximum atomic E-state index is 14.3. The van der Waals surface area contributed by atoms with E-state index in [1.54, 1.807) is 0 Å². The zero-order valence-electron chi connectivity index (χ0n) is 13.0. The van der Waals surface area contributed by atoms with E-state index >= 15 is 0 Å². The van der Waals surface area contributed by atoms with Crippen LogP contribution in [0.25, 0.3) is 5.69 Å². The van der Waals surface area contributed by atoms with Crippen molar-refractivity contribution in [3.63, 3.8) is 0 Å². The van der Waals surface area contributed by atoms with Crippen LogP contribution in [0.5, 0.6) is 0 Å². The Morgan fingerprint density at radius 2 is 1.38 bits per heavy atom. The summed E-state index contributed by atoms with van der Waals surface area (Å²) in [5, 5.41) is 9.78. The number of nitrogens with zero attached hydrogens (tertiary/aromatic N) is 3. The Kier molecular flexibility index (Phi) is 3.82. The second kappa shape index (κ2) is 5.06. The molecule has 0 saturated heterocycles. The van der Waals surface area contributed by atoms with Crippen LogP contribution in [-0.2, 0) is 5.67 Å². The zero-order valence-corrected chi connectivity index (χ0v) is 15.3. The first-order valence-electron chi connectivity index (χ1n) is 6.87. The Hall–Kier alpha value is -1.85. The number of benzene rings is 1. The molecule has 160 valence electrons. The number of aromatic nitrogens is 2. The van der Waals surface area contributed by atoms with Crippen molar-refractivity contribution in [3.05, 3.63) is 39.6 Å². The van der Waals surface area contributed by atoms with E-state index in [1.807, 2.05) is 0 Å². The highest BCUT2D eigenvalue weighted by Gasteiger charge is 3.00. The monoisotopic (exact) mass is 493 g/mol. The summed E-state index contributed by atoms with van der Waals surface area (Å²) in [6.07, 6.45) is 0.139. The molecule has 0 atom stereocenters. The van der Waals surface area contributed by atoms with Gasteiger partial charge in [0.25, 0.3) is 5.67 Å². The maximum Gasteiger partial charge on any atom is 0.357 e. The molecular formula is C13H3Cl2F10N3S. The summed E-state index contributed by atoms with van der Waals surface area (Å²) in [5.41, 5.74) is -8.34. The lowest BCUT2D eigenvalue weighted by Gasteiger charge is -2.40. The number of alkyl halides is 5. The normalized spacial score (nSPS) is 21.8. The number of halogens is 12. The van der Waals surface area contributed by atoms with Crippen LogP contribution in [0.1, 0.15) is 11.3 Å². The van der Waals surface area contributed by atoms with Crippen molar-refractivity contribution in [1.29, 1.82) is 5.26 Å². The fourth-order valence-corrected chi connectivity index (χ4v) is 4.00. The summed E-state index contributed by atoms with van der Waals surface area (Å²) in [6, 6.07) is 0.554. The van der Waals surface area contributed by atoms with Gasteiger partial charge in [-0.3, -0.25) is 0 Å². The van der Waals surface area contributed by atoms with Crippen molar-refractivity contribution in [2.75, 3.05) is 0 Å². The largest absolute Gasteiger partial charge is 0.357 e. The molecule has 1 aromatic carbocycles. The average Bonchev–Trinajstić information content (AvgIpc) is 2.84. The minimum absolute atomic E-state index is 0.139. The van der Waals surface area contributed by atoms with Gasteiger partial charge in [-0.25, -0.2) is 9.07 Å². The van der Waals surface area contributed by atoms with E-state index in [0.29, 0.717) is 0 Å². The van der Waals surface area contributed by atoms with Crippen molar-refractivity contribution in [1.82, 2.24) is 9.78 Å². The van der Waals surface area contributed by atoms with Gasteiger partial charge in [0.05, 0.1) is 15.6 Å². The summed E-state index contributed by atoms with van der Waals surface area (Å²) in [4.78, 5) is -2.50. The minimum Gasteiger partial charge on any atom is -0.236 e. The van der Waals surface area contributed by atoms with E-state index in [9.17, 15) is 41.4 Å². The van der Waals surface area contributed by atoms with Gasteiger partial charge in [0.15, 0.2) is 5.69 Å². The molecule has 1 fully saturated rings. The number of rotatable bonds is 3.